The van der Waals surface area contributed by atoms with Crippen molar-refractivity contribution in [1.82, 2.24) is 20.0 Å². The Morgan fingerprint density at radius 1 is 1.15 bits per heavy atom. The number of carbonyl (C=O) groups is 1. The van der Waals surface area contributed by atoms with Crippen LogP contribution in [0.15, 0.2) is 53.9 Å². The number of benzene rings is 1. The molecule has 0 radical (unpaired) electrons. The fourth-order valence-electron chi connectivity index (χ4n) is 2.80. The standard InChI is InChI=1S/C19H17N5OS/c1-12-9-13(2)24(23-12)15-6-3-5-14(10-15)20-19(25)17-11-16(21-22-17)18-7-4-8-26-18/h3-11H,1-2H3,(H,20,25)(H,21,22). The molecular weight excluding hydrogens is 346 g/mol. The number of hydrogen-bond donors (Lipinski definition) is 2. The summed E-state index contributed by atoms with van der Waals surface area (Å²) >= 11 is 1.60. The summed E-state index contributed by atoms with van der Waals surface area (Å²) in [7, 11) is 0. The zero-order valence-electron chi connectivity index (χ0n) is 14.4. The number of H-pyrrole nitrogens is 1. The second-order valence-corrected chi connectivity index (χ2v) is 6.94. The number of aryl methyl sites for hydroxylation is 2. The summed E-state index contributed by atoms with van der Waals surface area (Å²) in [4.78, 5) is 13.5. The average Bonchev–Trinajstić information content (AvgIpc) is 3.35. The van der Waals surface area contributed by atoms with Crippen LogP contribution in [0.4, 0.5) is 5.69 Å². The SMILES string of the molecule is Cc1cc(C)n(-c2cccc(NC(=O)c3cc(-c4cccs4)[nH]n3)c2)n1. The zero-order chi connectivity index (χ0) is 18.1. The van der Waals surface area contributed by atoms with Crippen LogP contribution in [0, 0.1) is 13.8 Å². The third kappa shape index (κ3) is 3.16. The van der Waals surface area contributed by atoms with E-state index in [2.05, 4.69) is 20.6 Å². The molecule has 0 fully saturated rings. The number of aromatic nitrogens is 4. The van der Waals surface area contributed by atoms with Crippen LogP contribution in [0.3, 0.4) is 0 Å². The molecule has 0 aliphatic rings. The highest BCUT2D eigenvalue weighted by atomic mass is 32.1. The van der Waals surface area contributed by atoms with Crippen LogP contribution in [0.2, 0.25) is 0 Å². The van der Waals surface area contributed by atoms with Crippen LogP contribution in [-0.2, 0) is 0 Å². The van der Waals surface area contributed by atoms with Crippen molar-refractivity contribution >= 4 is 22.9 Å². The van der Waals surface area contributed by atoms with Crippen LogP contribution >= 0.6 is 11.3 Å². The normalized spacial score (nSPS) is 10.8. The van der Waals surface area contributed by atoms with Gasteiger partial charge >= 0.3 is 0 Å². The third-order valence-electron chi connectivity index (χ3n) is 3.96. The van der Waals surface area contributed by atoms with Crippen molar-refractivity contribution in [3.05, 3.63) is 71.0 Å². The molecule has 0 spiro atoms. The predicted octanol–water partition coefficient (Wildman–Crippen LogP) is 4.19. The lowest BCUT2D eigenvalue weighted by Crippen LogP contribution is -2.12. The van der Waals surface area contributed by atoms with Gasteiger partial charge in [-0.05, 0) is 55.6 Å². The molecular formula is C19H17N5OS. The lowest BCUT2D eigenvalue weighted by Gasteiger charge is -2.08. The van der Waals surface area contributed by atoms with Gasteiger partial charge in [-0.3, -0.25) is 9.89 Å². The van der Waals surface area contributed by atoms with Crippen LogP contribution in [0.1, 0.15) is 21.9 Å². The summed E-state index contributed by atoms with van der Waals surface area (Å²) in [6.45, 7) is 3.96. The number of rotatable bonds is 4. The van der Waals surface area contributed by atoms with Crippen molar-refractivity contribution in [2.75, 3.05) is 5.32 Å². The Balaban J connectivity index is 1.55. The maximum atomic E-state index is 12.5. The molecule has 1 amide bonds. The quantitative estimate of drug-likeness (QED) is 0.571. The minimum atomic E-state index is -0.255. The van der Waals surface area contributed by atoms with E-state index < -0.39 is 0 Å². The first-order valence-corrected chi connectivity index (χ1v) is 9.02. The van der Waals surface area contributed by atoms with Gasteiger partial charge in [-0.1, -0.05) is 12.1 Å². The van der Waals surface area contributed by atoms with E-state index in [-0.39, 0.29) is 5.91 Å². The summed E-state index contributed by atoms with van der Waals surface area (Å²) in [5.74, 6) is -0.255. The van der Waals surface area contributed by atoms with Crippen molar-refractivity contribution in [3.63, 3.8) is 0 Å². The van der Waals surface area contributed by atoms with Crippen molar-refractivity contribution in [3.8, 4) is 16.3 Å². The molecule has 4 aromatic rings. The largest absolute Gasteiger partial charge is 0.321 e. The van der Waals surface area contributed by atoms with Gasteiger partial charge in [-0.2, -0.15) is 10.2 Å². The van der Waals surface area contributed by atoms with Crippen LogP contribution in [0.5, 0.6) is 0 Å². The van der Waals surface area contributed by atoms with Gasteiger partial charge in [0.25, 0.3) is 5.91 Å². The number of hydrogen-bond acceptors (Lipinski definition) is 4. The van der Waals surface area contributed by atoms with Crippen molar-refractivity contribution in [2.45, 2.75) is 13.8 Å². The molecule has 7 heteroatoms. The second-order valence-electron chi connectivity index (χ2n) is 5.99. The predicted molar refractivity (Wildman–Crippen MR) is 103 cm³/mol. The number of nitrogens with one attached hydrogen (secondary N) is 2. The first-order valence-electron chi connectivity index (χ1n) is 8.14. The van der Waals surface area contributed by atoms with E-state index in [0.29, 0.717) is 11.4 Å². The van der Waals surface area contributed by atoms with E-state index in [1.165, 1.54) is 0 Å². The van der Waals surface area contributed by atoms with Gasteiger partial charge in [-0.25, -0.2) is 4.68 Å². The van der Waals surface area contributed by atoms with Gasteiger partial charge in [0.05, 0.1) is 22.0 Å². The molecule has 6 nitrogen and oxygen atoms in total. The number of amides is 1. The maximum absolute atomic E-state index is 12.5. The van der Waals surface area contributed by atoms with Gasteiger partial charge < -0.3 is 5.32 Å². The number of thiophene rings is 1. The monoisotopic (exact) mass is 363 g/mol. The number of nitrogens with zero attached hydrogens (tertiary/aromatic N) is 3. The summed E-state index contributed by atoms with van der Waals surface area (Å²) in [6, 6.07) is 15.3. The molecule has 0 bridgehead atoms. The Morgan fingerprint density at radius 2 is 2.04 bits per heavy atom. The lowest BCUT2D eigenvalue weighted by molar-refractivity contribution is 0.102. The minimum Gasteiger partial charge on any atom is -0.321 e. The second kappa shape index (κ2) is 6.61. The van der Waals surface area contributed by atoms with Crippen molar-refractivity contribution in [2.24, 2.45) is 0 Å². The Kier molecular flexibility index (Phi) is 4.14. The molecule has 0 aliphatic carbocycles. The summed E-state index contributed by atoms with van der Waals surface area (Å²) in [6.07, 6.45) is 0. The molecule has 26 heavy (non-hydrogen) atoms. The first-order chi connectivity index (χ1) is 12.6. The smallest absolute Gasteiger partial charge is 0.276 e. The van der Waals surface area contributed by atoms with Crippen LogP contribution in [-0.4, -0.2) is 25.9 Å². The molecule has 130 valence electrons. The number of anilines is 1. The van der Waals surface area contributed by atoms with E-state index in [0.717, 1.165) is 27.6 Å². The molecule has 0 atom stereocenters. The Bertz CT molecular complexity index is 1060. The van der Waals surface area contributed by atoms with E-state index in [1.54, 1.807) is 17.4 Å². The van der Waals surface area contributed by atoms with Crippen LogP contribution < -0.4 is 5.32 Å². The van der Waals surface area contributed by atoms with Crippen molar-refractivity contribution < 1.29 is 4.79 Å². The minimum absolute atomic E-state index is 0.255. The zero-order valence-corrected chi connectivity index (χ0v) is 15.2. The molecule has 3 heterocycles. The van der Waals surface area contributed by atoms with Gasteiger partial charge in [0.1, 0.15) is 0 Å². The fourth-order valence-corrected chi connectivity index (χ4v) is 3.49. The Hall–Kier alpha value is -3.19. The lowest BCUT2D eigenvalue weighted by atomic mass is 10.2. The van der Waals surface area contributed by atoms with Gasteiger partial charge in [-0.15, -0.1) is 11.3 Å². The average molecular weight is 363 g/mol. The van der Waals surface area contributed by atoms with Crippen LogP contribution in [0.25, 0.3) is 16.3 Å². The first kappa shape index (κ1) is 16.3. The molecule has 2 N–H and O–H groups in total. The van der Waals surface area contributed by atoms with Crippen molar-refractivity contribution in [1.29, 1.82) is 0 Å². The van der Waals surface area contributed by atoms with E-state index >= 15 is 0 Å². The molecule has 0 saturated heterocycles. The molecule has 0 unspecified atom stereocenters. The summed E-state index contributed by atoms with van der Waals surface area (Å²) in [5.41, 5.74) is 4.77. The topological polar surface area (TPSA) is 75.6 Å². The highest BCUT2D eigenvalue weighted by Gasteiger charge is 2.13. The molecule has 0 aliphatic heterocycles. The van der Waals surface area contributed by atoms with E-state index in [1.807, 2.05) is 66.4 Å². The van der Waals surface area contributed by atoms with Gasteiger partial charge in [0.15, 0.2) is 5.69 Å². The van der Waals surface area contributed by atoms with E-state index in [4.69, 9.17) is 0 Å². The molecule has 0 saturated carbocycles. The summed E-state index contributed by atoms with van der Waals surface area (Å²) in [5, 5.41) is 16.4. The van der Waals surface area contributed by atoms with Gasteiger partial charge in [0, 0.05) is 11.4 Å². The van der Waals surface area contributed by atoms with E-state index in [9.17, 15) is 4.79 Å². The maximum Gasteiger partial charge on any atom is 0.276 e. The van der Waals surface area contributed by atoms with Gasteiger partial charge in [0.2, 0.25) is 0 Å². The highest BCUT2D eigenvalue weighted by Crippen LogP contribution is 2.23. The fraction of sp³-hybridized carbons (Fsp3) is 0.105. The molecule has 4 rings (SSSR count). The molecule has 1 aromatic carbocycles. The Labute approximate surface area is 154 Å². The Morgan fingerprint density at radius 3 is 2.77 bits per heavy atom. The number of carbonyl (C=O) groups excluding carboxylic acids is 1. The third-order valence-corrected chi connectivity index (χ3v) is 4.86. The molecule has 3 aromatic heterocycles. The number of aromatic amines is 1. The highest BCUT2D eigenvalue weighted by molar-refractivity contribution is 7.13. The summed E-state index contributed by atoms with van der Waals surface area (Å²) < 4.78 is 1.86.